The highest BCUT2D eigenvalue weighted by molar-refractivity contribution is 6.02. The lowest BCUT2D eigenvalue weighted by molar-refractivity contribution is -0.115. The number of hydrogen-bond donors (Lipinski definition) is 3. The Balaban J connectivity index is 1.54. The van der Waals surface area contributed by atoms with E-state index in [2.05, 4.69) is 16.0 Å². The van der Waals surface area contributed by atoms with Gasteiger partial charge in [0.1, 0.15) is 0 Å². The van der Waals surface area contributed by atoms with Crippen molar-refractivity contribution in [2.75, 3.05) is 10.6 Å². The van der Waals surface area contributed by atoms with Crippen molar-refractivity contribution in [3.05, 3.63) is 83.8 Å². The first-order chi connectivity index (χ1) is 14.0. The van der Waals surface area contributed by atoms with E-state index in [1.807, 2.05) is 12.1 Å². The summed E-state index contributed by atoms with van der Waals surface area (Å²) in [6, 6.07) is 17.1. The highest BCUT2D eigenvalue weighted by Crippen LogP contribution is 2.13. The van der Waals surface area contributed by atoms with Crippen LogP contribution in [-0.2, 0) is 11.3 Å². The van der Waals surface area contributed by atoms with E-state index in [9.17, 15) is 14.4 Å². The summed E-state index contributed by atoms with van der Waals surface area (Å²) in [6.45, 7) is 2.09. The predicted molar refractivity (Wildman–Crippen MR) is 110 cm³/mol. The van der Waals surface area contributed by atoms with Crippen molar-refractivity contribution in [1.82, 2.24) is 5.32 Å². The van der Waals surface area contributed by atoms with Crippen LogP contribution in [0.5, 0.6) is 0 Å². The normalized spacial score (nSPS) is 10.2. The van der Waals surface area contributed by atoms with E-state index in [0.717, 1.165) is 5.56 Å². The lowest BCUT2D eigenvalue weighted by Crippen LogP contribution is -2.23. The lowest BCUT2D eigenvalue weighted by Gasteiger charge is -2.09. The van der Waals surface area contributed by atoms with Crippen LogP contribution in [0.25, 0.3) is 0 Å². The number of anilines is 2. The van der Waals surface area contributed by atoms with Gasteiger partial charge in [-0.1, -0.05) is 25.1 Å². The van der Waals surface area contributed by atoms with E-state index >= 15 is 0 Å². The van der Waals surface area contributed by atoms with Gasteiger partial charge in [0.2, 0.25) is 5.91 Å². The maximum absolute atomic E-state index is 12.4. The molecule has 0 saturated carbocycles. The Morgan fingerprint density at radius 2 is 1.66 bits per heavy atom. The molecular formula is C22H21N3O4. The van der Waals surface area contributed by atoms with Gasteiger partial charge in [0.05, 0.1) is 6.26 Å². The van der Waals surface area contributed by atoms with Gasteiger partial charge in [-0.05, 0) is 48.0 Å². The van der Waals surface area contributed by atoms with Crippen molar-refractivity contribution in [3.63, 3.8) is 0 Å². The molecule has 0 atom stereocenters. The average Bonchev–Trinajstić information content (AvgIpc) is 3.28. The van der Waals surface area contributed by atoms with Crippen LogP contribution >= 0.6 is 0 Å². The molecule has 3 rings (SSSR count). The van der Waals surface area contributed by atoms with Crippen LogP contribution in [0.1, 0.15) is 39.8 Å². The summed E-state index contributed by atoms with van der Waals surface area (Å²) >= 11 is 0. The zero-order valence-electron chi connectivity index (χ0n) is 15.9. The average molecular weight is 391 g/mol. The molecule has 0 unspecified atom stereocenters. The van der Waals surface area contributed by atoms with Crippen LogP contribution in [0.2, 0.25) is 0 Å². The van der Waals surface area contributed by atoms with Crippen molar-refractivity contribution >= 4 is 29.1 Å². The second-order valence-corrected chi connectivity index (χ2v) is 6.29. The lowest BCUT2D eigenvalue weighted by atomic mass is 10.1. The first-order valence-corrected chi connectivity index (χ1v) is 9.17. The molecule has 0 radical (unpaired) electrons. The SMILES string of the molecule is CCC(=O)Nc1cccc(C(=O)NCc2ccc(NC(=O)c3ccco3)cc2)c1. The summed E-state index contributed by atoms with van der Waals surface area (Å²) in [5.74, 6) is -0.445. The molecule has 0 aliphatic rings. The first-order valence-electron chi connectivity index (χ1n) is 9.17. The maximum atomic E-state index is 12.4. The van der Waals surface area contributed by atoms with E-state index in [4.69, 9.17) is 4.42 Å². The number of nitrogens with one attached hydrogen (secondary N) is 3. The second kappa shape index (κ2) is 9.36. The molecule has 0 spiro atoms. The van der Waals surface area contributed by atoms with Crippen LogP contribution in [-0.4, -0.2) is 17.7 Å². The quantitative estimate of drug-likeness (QED) is 0.570. The molecule has 0 saturated heterocycles. The smallest absolute Gasteiger partial charge is 0.291 e. The Morgan fingerprint density at radius 1 is 0.862 bits per heavy atom. The van der Waals surface area contributed by atoms with Crippen LogP contribution < -0.4 is 16.0 Å². The molecule has 1 heterocycles. The van der Waals surface area contributed by atoms with E-state index in [1.165, 1.54) is 6.26 Å². The van der Waals surface area contributed by atoms with E-state index < -0.39 is 0 Å². The van der Waals surface area contributed by atoms with Crippen molar-refractivity contribution < 1.29 is 18.8 Å². The topological polar surface area (TPSA) is 100 Å². The van der Waals surface area contributed by atoms with Gasteiger partial charge in [-0.2, -0.15) is 0 Å². The Labute approximate surface area is 168 Å². The molecule has 7 heteroatoms. The Hall–Kier alpha value is -3.87. The molecule has 148 valence electrons. The summed E-state index contributed by atoms with van der Waals surface area (Å²) in [5, 5.41) is 8.31. The van der Waals surface area contributed by atoms with Gasteiger partial charge in [-0.3, -0.25) is 14.4 Å². The molecule has 3 aromatic rings. The Morgan fingerprint density at radius 3 is 2.34 bits per heavy atom. The summed E-state index contributed by atoms with van der Waals surface area (Å²) < 4.78 is 5.05. The van der Waals surface area contributed by atoms with Crippen molar-refractivity contribution in [1.29, 1.82) is 0 Å². The molecule has 7 nitrogen and oxygen atoms in total. The first kappa shape index (κ1) is 19.9. The molecule has 0 aliphatic carbocycles. The van der Waals surface area contributed by atoms with Gasteiger partial charge < -0.3 is 20.4 Å². The van der Waals surface area contributed by atoms with E-state index in [1.54, 1.807) is 55.5 Å². The number of rotatable bonds is 7. The summed E-state index contributed by atoms with van der Waals surface area (Å²) in [5.41, 5.74) is 2.55. The monoisotopic (exact) mass is 391 g/mol. The molecule has 2 aromatic carbocycles. The van der Waals surface area contributed by atoms with Gasteiger partial charge >= 0.3 is 0 Å². The largest absolute Gasteiger partial charge is 0.459 e. The summed E-state index contributed by atoms with van der Waals surface area (Å²) in [4.78, 5) is 35.8. The van der Waals surface area contributed by atoms with E-state index in [0.29, 0.717) is 29.9 Å². The molecular weight excluding hydrogens is 370 g/mol. The molecule has 1 aromatic heterocycles. The number of benzene rings is 2. The third-order valence-electron chi connectivity index (χ3n) is 4.14. The molecule has 3 N–H and O–H groups in total. The third-order valence-corrected chi connectivity index (χ3v) is 4.14. The summed E-state index contributed by atoms with van der Waals surface area (Å²) in [7, 11) is 0. The minimum atomic E-state index is -0.328. The molecule has 0 fully saturated rings. The van der Waals surface area contributed by atoms with Crippen LogP contribution in [0, 0.1) is 0 Å². The standard InChI is InChI=1S/C22H21N3O4/c1-2-20(26)24-18-6-3-5-16(13-18)21(27)23-14-15-8-10-17(11-9-15)25-22(28)19-7-4-12-29-19/h3-13H,2,14H2,1H3,(H,23,27)(H,24,26)(H,25,28). The van der Waals surface area contributed by atoms with Gasteiger partial charge in [0.25, 0.3) is 11.8 Å². The minimum Gasteiger partial charge on any atom is -0.459 e. The number of hydrogen-bond acceptors (Lipinski definition) is 4. The van der Waals surface area contributed by atoms with Crippen molar-refractivity contribution in [2.45, 2.75) is 19.9 Å². The number of carbonyl (C=O) groups excluding carboxylic acids is 3. The minimum absolute atomic E-state index is 0.109. The molecule has 0 aliphatic heterocycles. The highest BCUT2D eigenvalue weighted by atomic mass is 16.3. The molecule has 0 bridgehead atoms. The second-order valence-electron chi connectivity index (χ2n) is 6.29. The zero-order chi connectivity index (χ0) is 20.6. The Bertz CT molecular complexity index is 995. The van der Waals surface area contributed by atoms with Crippen LogP contribution in [0.3, 0.4) is 0 Å². The highest BCUT2D eigenvalue weighted by Gasteiger charge is 2.09. The van der Waals surface area contributed by atoms with Gasteiger partial charge in [-0.15, -0.1) is 0 Å². The van der Waals surface area contributed by atoms with Crippen LogP contribution in [0.4, 0.5) is 11.4 Å². The number of amides is 3. The molecule has 3 amide bonds. The van der Waals surface area contributed by atoms with Crippen molar-refractivity contribution in [3.8, 4) is 0 Å². The Kier molecular flexibility index (Phi) is 6.42. The van der Waals surface area contributed by atoms with Gasteiger partial charge in [0.15, 0.2) is 5.76 Å². The van der Waals surface area contributed by atoms with E-state index in [-0.39, 0.29) is 23.5 Å². The van der Waals surface area contributed by atoms with Crippen molar-refractivity contribution in [2.24, 2.45) is 0 Å². The fourth-order valence-corrected chi connectivity index (χ4v) is 2.58. The van der Waals surface area contributed by atoms with Gasteiger partial charge in [0, 0.05) is 29.9 Å². The number of furan rings is 1. The van der Waals surface area contributed by atoms with Crippen LogP contribution in [0.15, 0.2) is 71.3 Å². The number of carbonyl (C=O) groups is 3. The predicted octanol–water partition coefficient (Wildman–Crippen LogP) is 3.81. The fourth-order valence-electron chi connectivity index (χ4n) is 2.58. The zero-order valence-corrected chi connectivity index (χ0v) is 15.9. The van der Waals surface area contributed by atoms with Gasteiger partial charge in [-0.25, -0.2) is 0 Å². The third kappa shape index (κ3) is 5.55. The maximum Gasteiger partial charge on any atom is 0.291 e. The molecule has 29 heavy (non-hydrogen) atoms. The summed E-state index contributed by atoms with van der Waals surface area (Å²) in [6.07, 6.45) is 1.81. The fraction of sp³-hybridized carbons (Fsp3) is 0.136.